The minimum absolute atomic E-state index is 0.905. The predicted octanol–water partition coefficient (Wildman–Crippen LogP) is 4.37. The van der Waals surface area contributed by atoms with Gasteiger partial charge in [0.15, 0.2) is 0 Å². The first-order chi connectivity index (χ1) is 8.75. The van der Waals surface area contributed by atoms with E-state index in [1.54, 1.807) is 0 Å². The number of aryl methyl sites for hydroxylation is 1. The van der Waals surface area contributed by atoms with Gasteiger partial charge in [0.25, 0.3) is 0 Å². The molecule has 0 saturated heterocycles. The van der Waals surface area contributed by atoms with Gasteiger partial charge in [0.2, 0.25) is 0 Å². The normalized spacial score (nSPS) is 10.8. The highest BCUT2D eigenvalue weighted by molar-refractivity contribution is 9.10. The molecule has 0 atom stereocenters. The summed E-state index contributed by atoms with van der Waals surface area (Å²) in [6.07, 6.45) is 0. The lowest BCUT2D eigenvalue weighted by Gasteiger charge is -2.07. The molecule has 0 bridgehead atoms. The molecule has 3 heteroatoms. The van der Waals surface area contributed by atoms with Crippen LogP contribution in [0.4, 0.5) is 0 Å². The van der Waals surface area contributed by atoms with Gasteiger partial charge in [-0.3, -0.25) is 0 Å². The van der Waals surface area contributed by atoms with E-state index in [0.29, 0.717) is 0 Å². The van der Waals surface area contributed by atoms with Crippen molar-refractivity contribution in [3.63, 3.8) is 0 Å². The van der Waals surface area contributed by atoms with Crippen molar-refractivity contribution < 1.29 is 0 Å². The quantitative estimate of drug-likeness (QED) is 0.667. The monoisotopic (exact) mass is 298 g/mol. The minimum Gasteiger partial charge on any atom is -0.249 e. The van der Waals surface area contributed by atoms with Crippen molar-refractivity contribution in [1.82, 2.24) is 9.97 Å². The maximum absolute atomic E-state index is 4.74. The van der Waals surface area contributed by atoms with E-state index in [1.807, 2.05) is 43.3 Å². The van der Waals surface area contributed by atoms with Crippen molar-refractivity contribution in [2.75, 3.05) is 0 Å². The van der Waals surface area contributed by atoms with Crippen molar-refractivity contribution in [2.45, 2.75) is 6.92 Å². The highest BCUT2D eigenvalue weighted by atomic mass is 79.9. The summed E-state index contributed by atoms with van der Waals surface area (Å²) in [7, 11) is 0. The number of rotatable bonds is 1. The number of fused-ring (bicyclic) bond motifs is 1. The minimum atomic E-state index is 0.905. The van der Waals surface area contributed by atoms with Gasteiger partial charge in [-0.05, 0) is 35.0 Å². The third kappa shape index (κ3) is 1.91. The van der Waals surface area contributed by atoms with E-state index in [2.05, 4.69) is 33.0 Å². The maximum Gasteiger partial charge on any atom is 0.104 e. The van der Waals surface area contributed by atoms with E-state index in [4.69, 9.17) is 4.98 Å². The molecule has 0 aliphatic rings. The molecule has 0 fully saturated rings. The highest BCUT2D eigenvalue weighted by Gasteiger charge is 2.08. The number of nitrogens with zero attached hydrogens (tertiary/aromatic N) is 2. The summed E-state index contributed by atoms with van der Waals surface area (Å²) >= 11 is 3.53. The number of hydrogen-bond donors (Lipinski definition) is 0. The van der Waals surface area contributed by atoms with Crippen LogP contribution in [0.15, 0.2) is 53.0 Å². The van der Waals surface area contributed by atoms with Gasteiger partial charge in [0, 0.05) is 10.0 Å². The van der Waals surface area contributed by atoms with Gasteiger partial charge >= 0.3 is 0 Å². The molecule has 0 radical (unpaired) electrons. The Kier molecular flexibility index (Phi) is 2.84. The molecular formula is C15H11BrN2. The second kappa shape index (κ2) is 4.50. The van der Waals surface area contributed by atoms with Crippen LogP contribution >= 0.6 is 15.9 Å². The molecule has 1 heterocycles. The molecule has 0 aliphatic heterocycles. The van der Waals surface area contributed by atoms with Crippen LogP contribution in [-0.2, 0) is 0 Å². The molecule has 0 spiro atoms. The average molecular weight is 299 g/mol. The first-order valence-corrected chi connectivity index (χ1v) is 6.53. The molecule has 18 heavy (non-hydrogen) atoms. The molecule has 2 aromatic carbocycles. The zero-order chi connectivity index (χ0) is 12.5. The van der Waals surface area contributed by atoms with Crippen molar-refractivity contribution >= 4 is 27.0 Å². The van der Waals surface area contributed by atoms with Gasteiger partial charge in [-0.15, -0.1) is 0 Å². The van der Waals surface area contributed by atoms with Crippen LogP contribution in [0.1, 0.15) is 5.69 Å². The number of benzene rings is 2. The fraction of sp³-hybridized carbons (Fsp3) is 0.0667. The van der Waals surface area contributed by atoms with E-state index in [-0.39, 0.29) is 0 Å². The molecule has 0 N–H and O–H groups in total. The Labute approximate surface area is 114 Å². The summed E-state index contributed by atoms with van der Waals surface area (Å²) < 4.78 is 0.977. The number of aromatic nitrogens is 2. The van der Waals surface area contributed by atoms with Crippen LogP contribution in [0.3, 0.4) is 0 Å². The van der Waals surface area contributed by atoms with Crippen molar-refractivity contribution in [2.24, 2.45) is 0 Å². The van der Waals surface area contributed by atoms with Gasteiger partial charge < -0.3 is 0 Å². The van der Waals surface area contributed by atoms with Crippen LogP contribution < -0.4 is 0 Å². The lowest BCUT2D eigenvalue weighted by molar-refractivity contribution is 1.19. The summed E-state index contributed by atoms with van der Waals surface area (Å²) in [6.45, 7) is 2.00. The van der Waals surface area contributed by atoms with Crippen LogP contribution in [0.2, 0.25) is 0 Å². The SMILES string of the molecule is Cc1nc2cccc(Br)c2nc1-c1ccccc1. The average Bonchev–Trinajstić information content (AvgIpc) is 2.39. The van der Waals surface area contributed by atoms with Crippen molar-refractivity contribution in [1.29, 1.82) is 0 Å². The number of halogens is 1. The summed E-state index contributed by atoms with van der Waals surface area (Å²) in [6, 6.07) is 16.1. The zero-order valence-corrected chi connectivity index (χ0v) is 11.5. The van der Waals surface area contributed by atoms with Crippen molar-refractivity contribution in [3.05, 3.63) is 58.7 Å². The second-order valence-corrected chi connectivity index (χ2v) is 4.99. The molecule has 0 aliphatic carbocycles. The van der Waals surface area contributed by atoms with Gasteiger partial charge in [-0.25, -0.2) is 9.97 Å². The molecule has 1 aromatic heterocycles. The fourth-order valence-corrected chi connectivity index (χ4v) is 2.45. The Morgan fingerprint density at radius 2 is 1.67 bits per heavy atom. The van der Waals surface area contributed by atoms with Gasteiger partial charge in [-0.1, -0.05) is 36.4 Å². The van der Waals surface area contributed by atoms with Crippen molar-refractivity contribution in [3.8, 4) is 11.3 Å². The topological polar surface area (TPSA) is 25.8 Å². The summed E-state index contributed by atoms with van der Waals surface area (Å²) in [5.41, 5.74) is 4.81. The second-order valence-electron chi connectivity index (χ2n) is 4.13. The molecule has 3 aromatic rings. The first kappa shape index (κ1) is 11.4. The predicted molar refractivity (Wildman–Crippen MR) is 77.4 cm³/mol. The molecule has 0 amide bonds. The van der Waals surface area contributed by atoms with Crippen LogP contribution in [-0.4, -0.2) is 9.97 Å². The van der Waals surface area contributed by atoms with E-state index in [9.17, 15) is 0 Å². The maximum atomic E-state index is 4.74. The van der Waals surface area contributed by atoms with E-state index in [1.165, 1.54) is 0 Å². The molecule has 3 rings (SSSR count). The van der Waals surface area contributed by atoms with E-state index in [0.717, 1.165) is 32.5 Å². The lowest BCUT2D eigenvalue weighted by Crippen LogP contribution is -1.94. The number of hydrogen-bond acceptors (Lipinski definition) is 2. The molecule has 0 saturated carbocycles. The Balaban J connectivity index is 2.31. The van der Waals surface area contributed by atoms with Gasteiger partial charge in [0.1, 0.15) is 5.52 Å². The smallest absolute Gasteiger partial charge is 0.104 e. The Bertz CT molecular complexity index is 708. The standard InChI is InChI=1S/C15H11BrN2/c1-10-14(11-6-3-2-4-7-11)18-15-12(16)8-5-9-13(15)17-10/h2-9H,1H3. The fourth-order valence-electron chi connectivity index (χ4n) is 2.00. The number of para-hydroxylation sites is 1. The Hall–Kier alpha value is -1.74. The summed E-state index contributed by atoms with van der Waals surface area (Å²) in [5.74, 6) is 0. The highest BCUT2D eigenvalue weighted by Crippen LogP contribution is 2.26. The molecule has 88 valence electrons. The first-order valence-electron chi connectivity index (χ1n) is 5.74. The summed E-state index contributed by atoms with van der Waals surface area (Å²) in [5, 5.41) is 0. The largest absolute Gasteiger partial charge is 0.249 e. The molecule has 2 nitrogen and oxygen atoms in total. The third-order valence-corrected chi connectivity index (χ3v) is 3.51. The molecule has 0 unspecified atom stereocenters. The Morgan fingerprint density at radius 3 is 2.44 bits per heavy atom. The summed E-state index contributed by atoms with van der Waals surface area (Å²) in [4.78, 5) is 9.36. The van der Waals surface area contributed by atoms with Crippen LogP contribution in [0.25, 0.3) is 22.3 Å². The Morgan fingerprint density at radius 1 is 0.889 bits per heavy atom. The van der Waals surface area contributed by atoms with Gasteiger partial charge in [0.05, 0.1) is 16.9 Å². The third-order valence-electron chi connectivity index (χ3n) is 2.87. The zero-order valence-electron chi connectivity index (χ0n) is 9.89. The van der Waals surface area contributed by atoms with Crippen LogP contribution in [0, 0.1) is 6.92 Å². The molecular weight excluding hydrogens is 288 g/mol. The lowest BCUT2D eigenvalue weighted by atomic mass is 10.1. The van der Waals surface area contributed by atoms with E-state index < -0.39 is 0 Å². The van der Waals surface area contributed by atoms with Crippen LogP contribution in [0.5, 0.6) is 0 Å². The van der Waals surface area contributed by atoms with Gasteiger partial charge in [-0.2, -0.15) is 0 Å². The van der Waals surface area contributed by atoms with E-state index >= 15 is 0 Å².